The minimum absolute atomic E-state index is 0.118. The highest BCUT2D eigenvalue weighted by Crippen LogP contribution is 2.33. The molecule has 0 saturated carbocycles. The molecule has 0 spiro atoms. The molecule has 1 aliphatic heterocycles. The van der Waals surface area contributed by atoms with Crippen molar-refractivity contribution in [2.45, 2.75) is 12.6 Å². The van der Waals surface area contributed by atoms with Gasteiger partial charge in [-0.25, -0.2) is 4.39 Å². The number of amides is 1. The molecule has 1 heterocycles. The van der Waals surface area contributed by atoms with E-state index in [1.807, 2.05) is 0 Å². The van der Waals surface area contributed by atoms with Crippen molar-refractivity contribution in [3.8, 4) is 0 Å². The van der Waals surface area contributed by atoms with E-state index >= 15 is 0 Å². The van der Waals surface area contributed by atoms with Gasteiger partial charge >= 0.3 is 6.18 Å². The number of hydrogen-bond acceptors (Lipinski definition) is 2. The van der Waals surface area contributed by atoms with Crippen molar-refractivity contribution < 1.29 is 22.4 Å². The van der Waals surface area contributed by atoms with Crippen molar-refractivity contribution in [1.29, 1.82) is 0 Å². The maximum Gasteiger partial charge on any atom is 0.419 e. The lowest BCUT2D eigenvalue weighted by atomic mass is 10.1. The minimum Gasteiger partial charge on any atom is -0.338 e. The molecular weight excluding hydrogens is 276 g/mol. The van der Waals surface area contributed by atoms with Crippen LogP contribution in [0, 0.1) is 11.7 Å². The molecule has 1 fully saturated rings. The summed E-state index contributed by atoms with van der Waals surface area (Å²) >= 11 is 0. The summed E-state index contributed by atoms with van der Waals surface area (Å²) in [5, 5.41) is 0. The topological polar surface area (TPSA) is 46.3 Å². The van der Waals surface area contributed by atoms with Gasteiger partial charge in [0.25, 0.3) is 5.91 Å². The van der Waals surface area contributed by atoms with E-state index in [1.54, 1.807) is 0 Å². The highest BCUT2D eigenvalue weighted by Gasteiger charge is 2.37. The standard InChI is InChI=1S/C13H14F4N2O/c14-11-9(2-1-3-10(11)13(15,16)17)12(20)19-5-4-8(6-18)7-19/h1-3,8H,4-7,18H2. The van der Waals surface area contributed by atoms with E-state index in [-0.39, 0.29) is 5.92 Å². The predicted molar refractivity (Wildman–Crippen MR) is 64.5 cm³/mol. The maximum atomic E-state index is 13.9. The molecule has 1 aliphatic rings. The number of hydrogen-bond donors (Lipinski definition) is 1. The Morgan fingerprint density at radius 1 is 1.40 bits per heavy atom. The molecule has 2 N–H and O–H groups in total. The van der Waals surface area contributed by atoms with Gasteiger partial charge in [-0.3, -0.25) is 4.79 Å². The van der Waals surface area contributed by atoms with Gasteiger partial charge in [-0.2, -0.15) is 13.2 Å². The van der Waals surface area contributed by atoms with Gasteiger partial charge in [0, 0.05) is 13.1 Å². The number of alkyl halides is 3. The second kappa shape index (κ2) is 5.40. The number of nitrogens with two attached hydrogens (primary N) is 1. The van der Waals surface area contributed by atoms with Crippen molar-refractivity contribution in [1.82, 2.24) is 4.90 Å². The summed E-state index contributed by atoms with van der Waals surface area (Å²) < 4.78 is 51.7. The Labute approximate surface area is 113 Å². The molecule has 0 aliphatic carbocycles. The Bertz CT molecular complexity index is 516. The molecule has 2 rings (SSSR count). The van der Waals surface area contributed by atoms with Crippen LogP contribution in [0.5, 0.6) is 0 Å². The van der Waals surface area contributed by atoms with Crippen LogP contribution < -0.4 is 5.73 Å². The molecule has 3 nitrogen and oxygen atoms in total. The second-order valence-electron chi connectivity index (χ2n) is 4.81. The number of rotatable bonds is 2. The summed E-state index contributed by atoms with van der Waals surface area (Å²) in [7, 11) is 0. The summed E-state index contributed by atoms with van der Waals surface area (Å²) in [6.07, 6.45) is -4.13. The van der Waals surface area contributed by atoms with E-state index in [0.717, 1.165) is 12.1 Å². The van der Waals surface area contributed by atoms with Crippen LogP contribution in [0.15, 0.2) is 18.2 Å². The third-order valence-corrected chi connectivity index (χ3v) is 3.44. The number of benzene rings is 1. The lowest BCUT2D eigenvalue weighted by Gasteiger charge is -2.18. The molecule has 110 valence electrons. The van der Waals surface area contributed by atoms with Crippen LogP contribution in [0.1, 0.15) is 22.3 Å². The predicted octanol–water partition coefficient (Wildman–Crippen LogP) is 2.27. The van der Waals surface area contributed by atoms with Crippen molar-refractivity contribution in [3.05, 3.63) is 35.1 Å². The molecule has 0 bridgehead atoms. The molecule has 1 aromatic carbocycles. The zero-order chi connectivity index (χ0) is 14.9. The van der Waals surface area contributed by atoms with Crippen LogP contribution >= 0.6 is 0 Å². The lowest BCUT2D eigenvalue weighted by Crippen LogP contribution is -2.31. The molecule has 7 heteroatoms. The smallest absolute Gasteiger partial charge is 0.338 e. The van der Waals surface area contributed by atoms with Crippen molar-refractivity contribution in [2.75, 3.05) is 19.6 Å². The third kappa shape index (κ3) is 2.77. The van der Waals surface area contributed by atoms with Gasteiger partial charge < -0.3 is 10.6 Å². The van der Waals surface area contributed by atoms with Gasteiger partial charge in [0.05, 0.1) is 11.1 Å². The van der Waals surface area contributed by atoms with Crippen molar-refractivity contribution in [3.63, 3.8) is 0 Å². The van der Waals surface area contributed by atoms with Crippen LogP contribution in [0.4, 0.5) is 17.6 Å². The second-order valence-corrected chi connectivity index (χ2v) is 4.81. The number of halogens is 4. The molecule has 0 radical (unpaired) electrons. The van der Waals surface area contributed by atoms with E-state index in [0.29, 0.717) is 32.1 Å². The van der Waals surface area contributed by atoms with E-state index in [1.165, 1.54) is 4.90 Å². The average molecular weight is 290 g/mol. The molecular formula is C13H14F4N2O. The Morgan fingerprint density at radius 3 is 2.65 bits per heavy atom. The van der Waals surface area contributed by atoms with E-state index in [4.69, 9.17) is 5.73 Å². The molecule has 1 saturated heterocycles. The molecule has 1 atom stereocenters. The van der Waals surface area contributed by atoms with Crippen LogP contribution in [0.25, 0.3) is 0 Å². The first kappa shape index (κ1) is 14.8. The highest BCUT2D eigenvalue weighted by molar-refractivity contribution is 5.95. The van der Waals surface area contributed by atoms with Gasteiger partial charge in [0.15, 0.2) is 0 Å². The highest BCUT2D eigenvalue weighted by atomic mass is 19.4. The summed E-state index contributed by atoms with van der Waals surface area (Å²) in [4.78, 5) is 13.4. The van der Waals surface area contributed by atoms with Crippen LogP contribution in [-0.4, -0.2) is 30.4 Å². The first-order valence-electron chi connectivity index (χ1n) is 6.19. The van der Waals surface area contributed by atoms with Crippen molar-refractivity contribution >= 4 is 5.91 Å². The lowest BCUT2D eigenvalue weighted by molar-refractivity contribution is -0.140. The summed E-state index contributed by atoms with van der Waals surface area (Å²) in [6, 6.07) is 2.73. The monoisotopic (exact) mass is 290 g/mol. The largest absolute Gasteiger partial charge is 0.419 e. The van der Waals surface area contributed by atoms with Gasteiger partial charge in [-0.15, -0.1) is 0 Å². The molecule has 20 heavy (non-hydrogen) atoms. The normalized spacial score (nSPS) is 19.4. The summed E-state index contributed by atoms with van der Waals surface area (Å²) in [5.74, 6) is -2.11. The molecule has 1 amide bonds. The van der Waals surface area contributed by atoms with Gasteiger partial charge in [-0.05, 0) is 31.0 Å². The SMILES string of the molecule is NCC1CCN(C(=O)c2cccc(C(F)(F)F)c2F)C1. The van der Waals surface area contributed by atoms with Gasteiger partial charge in [-0.1, -0.05) is 6.07 Å². The van der Waals surface area contributed by atoms with Gasteiger partial charge in [0.2, 0.25) is 0 Å². The fraction of sp³-hybridized carbons (Fsp3) is 0.462. The third-order valence-electron chi connectivity index (χ3n) is 3.44. The first-order valence-corrected chi connectivity index (χ1v) is 6.19. The van der Waals surface area contributed by atoms with Crippen LogP contribution in [0.3, 0.4) is 0 Å². The molecule has 1 aromatic rings. The fourth-order valence-corrected chi connectivity index (χ4v) is 2.30. The van der Waals surface area contributed by atoms with Crippen molar-refractivity contribution in [2.24, 2.45) is 11.7 Å². The van der Waals surface area contributed by atoms with E-state index in [2.05, 4.69) is 0 Å². The Kier molecular flexibility index (Phi) is 3.99. The zero-order valence-corrected chi connectivity index (χ0v) is 10.6. The fourth-order valence-electron chi connectivity index (χ4n) is 2.30. The summed E-state index contributed by atoms with van der Waals surface area (Å²) in [5.41, 5.74) is 3.52. The quantitative estimate of drug-likeness (QED) is 0.849. The molecule has 1 unspecified atom stereocenters. The van der Waals surface area contributed by atoms with E-state index < -0.39 is 29.0 Å². The molecule has 0 aromatic heterocycles. The van der Waals surface area contributed by atoms with Gasteiger partial charge in [0.1, 0.15) is 5.82 Å². The Morgan fingerprint density at radius 2 is 2.10 bits per heavy atom. The average Bonchev–Trinajstić information content (AvgIpc) is 2.85. The van der Waals surface area contributed by atoms with E-state index in [9.17, 15) is 22.4 Å². The van der Waals surface area contributed by atoms with Crippen LogP contribution in [0.2, 0.25) is 0 Å². The number of carbonyl (C=O) groups is 1. The van der Waals surface area contributed by atoms with Crippen LogP contribution in [-0.2, 0) is 6.18 Å². The zero-order valence-electron chi connectivity index (χ0n) is 10.6. The Balaban J connectivity index is 2.28. The number of carbonyl (C=O) groups excluding carboxylic acids is 1. The number of nitrogens with zero attached hydrogens (tertiary/aromatic N) is 1. The maximum absolute atomic E-state index is 13.9. The summed E-state index contributed by atoms with van der Waals surface area (Å²) in [6.45, 7) is 1.14. The number of likely N-dealkylation sites (tertiary alicyclic amines) is 1. The minimum atomic E-state index is -4.81. The first-order chi connectivity index (χ1) is 9.34. The Hall–Kier alpha value is -1.63.